The smallest absolute Gasteiger partial charge is 0.389 e. The van der Waals surface area contributed by atoms with Gasteiger partial charge in [0, 0.05) is 15.5 Å². The predicted octanol–water partition coefficient (Wildman–Crippen LogP) is 4.84. The Morgan fingerprint density at radius 2 is 1.92 bits per heavy atom. The molecule has 5 rings (SSSR count). The molecule has 0 amide bonds. The average Bonchev–Trinajstić information content (AvgIpc) is 3.26. The molecule has 6 atom stereocenters. The number of hydrogen-bond donors (Lipinski definition) is 1. The SMILES string of the molecule is Cc1nnc([C@@H]2O[C@@H]3COC(c4ccccc4)O[C@@H]3[C@H](N=[N+]=[N-])[C@H]2O)n1-c1cc(Cl)ccc1C(F)(F)F. The van der Waals surface area contributed by atoms with Gasteiger partial charge in [0.15, 0.2) is 12.1 Å². The lowest BCUT2D eigenvalue weighted by Crippen LogP contribution is -2.58. The van der Waals surface area contributed by atoms with Crippen LogP contribution < -0.4 is 0 Å². The summed E-state index contributed by atoms with van der Waals surface area (Å²) in [6, 6.07) is 11.0. The van der Waals surface area contributed by atoms with E-state index in [4.69, 9.17) is 25.8 Å². The summed E-state index contributed by atoms with van der Waals surface area (Å²) in [6.07, 6.45) is -10.1. The molecule has 1 unspecified atom stereocenters. The molecule has 3 heterocycles. The first kappa shape index (κ1) is 25.5. The number of aryl methyl sites for hydroxylation is 1. The molecule has 37 heavy (non-hydrogen) atoms. The molecular formula is C23H20ClF3N6O4. The summed E-state index contributed by atoms with van der Waals surface area (Å²) in [5.74, 6) is -0.0270. The van der Waals surface area contributed by atoms with E-state index in [0.29, 0.717) is 5.56 Å². The van der Waals surface area contributed by atoms with Crippen molar-refractivity contribution in [1.82, 2.24) is 14.8 Å². The van der Waals surface area contributed by atoms with Gasteiger partial charge in [0.25, 0.3) is 0 Å². The van der Waals surface area contributed by atoms with Crippen molar-refractivity contribution in [2.24, 2.45) is 5.11 Å². The molecule has 2 saturated heterocycles. The Balaban J connectivity index is 1.53. The normalized spacial score (nSPS) is 27.8. The summed E-state index contributed by atoms with van der Waals surface area (Å²) in [7, 11) is 0. The molecule has 14 heteroatoms. The maximum absolute atomic E-state index is 13.8. The molecule has 2 aliphatic rings. The maximum atomic E-state index is 13.8. The van der Waals surface area contributed by atoms with Crippen LogP contribution in [0, 0.1) is 6.92 Å². The van der Waals surface area contributed by atoms with Crippen molar-refractivity contribution in [3.8, 4) is 5.69 Å². The van der Waals surface area contributed by atoms with Gasteiger partial charge >= 0.3 is 6.18 Å². The molecule has 2 aromatic carbocycles. The number of ether oxygens (including phenoxy) is 3. The molecular weight excluding hydrogens is 517 g/mol. The molecule has 0 radical (unpaired) electrons. The van der Waals surface area contributed by atoms with E-state index >= 15 is 0 Å². The number of rotatable bonds is 4. The minimum absolute atomic E-state index is 0.00296. The molecule has 194 valence electrons. The second kappa shape index (κ2) is 9.93. The minimum Gasteiger partial charge on any atom is -0.389 e. The van der Waals surface area contributed by atoms with Crippen molar-refractivity contribution >= 4 is 11.6 Å². The van der Waals surface area contributed by atoms with Crippen LogP contribution in [0.1, 0.15) is 35.2 Å². The molecule has 2 aliphatic heterocycles. The van der Waals surface area contributed by atoms with Crippen molar-refractivity contribution < 1.29 is 32.5 Å². The molecule has 0 aliphatic carbocycles. The van der Waals surface area contributed by atoms with E-state index in [9.17, 15) is 23.8 Å². The Morgan fingerprint density at radius 3 is 2.62 bits per heavy atom. The summed E-state index contributed by atoms with van der Waals surface area (Å²) >= 11 is 6.03. The number of aliphatic hydroxyl groups excluding tert-OH is 1. The van der Waals surface area contributed by atoms with Crippen LogP contribution in [-0.2, 0) is 20.4 Å². The average molecular weight is 537 g/mol. The van der Waals surface area contributed by atoms with Gasteiger partial charge < -0.3 is 19.3 Å². The third kappa shape index (κ3) is 4.77. The number of fused-ring (bicyclic) bond motifs is 1. The third-order valence-electron chi connectivity index (χ3n) is 6.24. The fraction of sp³-hybridized carbons (Fsp3) is 0.391. The van der Waals surface area contributed by atoms with E-state index in [0.717, 1.165) is 22.8 Å². The first-order chi connectivity index (χ1) is 17.7. The van der Waals surface area contributed by atoms with Crippen LogP contribution in [0.4, 0.5) is 13.2 Å². The van der Waals surface area contributed by atoms with Crippen molar-refractivity contribution in [3.63, 3.8) is 0 Å². The number of benzene rings is 2. The van der Waals surface area contributed by atoms with Gasteiger partial charge in [-0.15, -0.1) is 10.2 Å². The minimum atomic E-state index is -4.71. The van der Waals surface area contributed by atoms with Crippen molar-refractivity contribution in [2.75, 3.05) is 6.61 Å². The fourth-order valence-electron chi connectivity index (χ4n) is 4.59. The molecule has 0 spiro atoms. The van der Waals surface area contributed by atoms with Crippen LogP contribution in [0.15, 0.2) is 53.6 Å². The fourth-order valence-corrected chi connectivity index (χ4v) is 4.75. The first-order valence-electron chi connectivity index (χ1n) is 11.2. The number of hydrogen-bond acceptors (Lipinski definition) is 7. The van der Waals surface area contributed by atoms with E-state index in [1.54, 1.807) is 12.1 Å². The number of nitrogens with zero attached hydrogens (tertiary/aromatic N) is 6. The zero-order valence-corrected chi connectivity index (χ0v) is 19.9. The molecule has 0 saturated carbocycles. The number of alkyl halides is 3. The van der Waals surface area contributed by atoms with Gasteiger partial charge in [-0.2, -0.15) is 13.2 Å². The molecule has 1 aromatic heterocycles. The maximum Gasteiger partial charge on any atom is 0.418 e. The summed E-state index contributed by atoms with van der Waals surface area (Å²) in [5.41, 5.74) is 8.60. The van der Waals surface area contributed by atoms with Crippen LogP contribution in [0.3, 0.4) is 0 Å². The standard InChI is InChI=1S/C23H20ClF3N6O4/c1-11-29-31-21(33(11)15-9-13(24)7-8-14(15)23(25,26)27)20-18(34)17(30-32-28)19-16(36-20)10-35-22(37-19)12-5-3-2-4-6-12/h2-9,16-20,22,34H,10H2,1H3/t16-,17-,18-,19+,20-,22?/m1/s1. The Morgan fingerprint density at radius 1 is 1.16 bits per heavy atom. The second-order valence-corrected chi connectivity index (χ2v) is 8.99. The van der Waals surface area contributed by atoms with Crippen LogP contribution in [0.5, 0.6) is 0 Å². The lowest BCUT2D eigenvalue weighted by molar-refractivity contribution is -0.309. The highest BCUT2D eigenvalue weighted by Crippen LogP contribution is 2.42. The van der Waals surface area contributed by atoms with E-state index in [1.807, 2.05) is 18.2 Å². The van der Waals surface area contributed by atoms with Crippen molar-refractivity contribution in [2.45, 2.75) is 49.8 Å². The third-order valence-corrected chi connectivity index (χ3v) is 6.48. The van der Waals surface area contributed by atoms with Crippen molar-refractivity contribution in [3.05, 3.63) is 86.8 Å². The topological polar surface area (TPSA) is 127 Å². The van der Waals surface area contributed by atoms with E-state index in [1.165, 1.54) is 6.92 Å². The van der Waals surface area contributed by atoms with Crippen LogP contribution in [0.2, 0.25) is 5.02 Å². The summed E-state index contributed by atoms with van der Waals surface area (Å²) < 4.78 is 60.5. The zero-order chi connectivity index (χ0) is 26.3. The second-order valence-electron chi connectivity index (χ2n) is 8.56. The molecule has 2 fully saturated rings. The lowest BCUT2D eigenvalue weighted by Gasteiger charge is -2.46. The largest absolute Gasteiger partial charge is 0.418 e. The molecule has 1 N–H and O–H groups in total. The van der Waals surface area contributed by atoms with Gasteiger partial charge in [-0.05, 0) is 30.7 Å². The first-order valence-corrected chi connectivity index (χ1v) is 11.6. The van der Waals surface area contributed by atoms with E-state index in [2.05, 4.69) is 20.2 Å². The zero-order valence-electron chi connectivity index (χ0n) is 19.2. The van der Waals surface area contributed by atoms with Gasteiger partial charge in [-0.3, -0.25) is 4.57 Å². The quantitative estimate of drug-likeness (QED) is 0.289. The number of azide groups is 1. The predicted molar refractivity (Wildman–Crippen MR) is 123 cm³/mol. The van der Waals surface area contributed by atoms with Gasteiger partial charge in [-0.25, -0.2) is 0 Å². The molecule has 10 nitrogen and oxygen atoms in total. The summed E-state index contributed by atoms with van der Waals surface area (Å²) in [5, 5.41) is 23.0. The molecule has 3 aromatic rings. The van der Waals surface area contributed by atoms with E-state index < -0.39 is 48.5 Å². The van der Waals surface area contributed by atoms with Gasteiger partial charge in [0.05, 0.1) is 30.0 Å². The lowest BCUT2D eigenvalue weighted by atomic mass is 9.91. The van der Waals surface area contributed by atoms with Gasteiger partial charge in [0.1, 0.15) is 24.1 Å². The molecule has 0 bridgehead atoms. The Bertz CT molecular complexity index is 1330. The highest BCUT2D eigenvalue weighted by atomic mass is 35.5. The number of aromatic nitrogens is 3. The van der Waals surface area contributed by atoms with Crippen LogP contribution in [-0.4, -0.2) is 50.8 Å². The van der Waals surface area contributed by atoms with Gasteiger partial charge in [0.2, 0.25) is 0 Å². The monoisotopic (exact) mass is 536 g/mol. The number of aliphatic hydroxyl groups is 1. The summed E-state index contributed by atoms with van der Waals surface area (Å²) in [6.45, 7) is 1.46. The Kier molecular flexibility index (Phi) is 6.84. The highest BCUT2D eigenvalue weighted by Gasteiger charge is 2.51. The summed E-state index contributed by atoms with van der Waals surface area (Å²) in [4.78, 5) is 2.85. The van der Waals surface area contributed by atoms with Crippen LogP contribution >= 0.6 is 11.6 Å². The van der Waals surface area contributed by atoms with Crippen molar-refractivity contribution in [1.29, 1.82) is 0 Å². The number of halogens is 4. The highest BCUT2D eigenvalue weighted by molar-refractivity contribution is 6.30. The Hall–Kier alpha value is -3.19. The van der Waals surface area contributed by atoms with Gasteiger partial charge in [-0.1, -0.05) is 47.0 Å². The Labute approximate surface area is 213 Å². The van der Waals surface area contributed by atoms with E-state index in [-0.39, 0.29) is 29.0 Å². The van der Waals surface area contributed by atoms with Crippen LogP contribution in [0.25, 0.3) is 16.1 Å².